The monoisotopic (exact) mass is 259 g/mol. The second kappa shape index (κ2) is 4.49. The number of benzene rings is 1. The van der Waals surface area contributed by atoms with Crippen LogP contribution in [0.15, 0.2) is 29.1 Å². The first-order valence-corrected chi connectivity index (χ1v) is 6.88. The smallest absolute Gasteiger partial charge is 0.267 e. The van der Waals surface area contributed by atoms with Crippen molar-refractivity contribution >= 4 is 27.2 Å². The van der Waals surface area contributed by atoms with Crippen molar-refractivity contribution in [3.05, 3.63) is 39.6 Å². The minimum absolute atomic E-state index is 0.0744. The average Bonchev–Trinajstić information content (AvgIpc) is 2.80. The van der Waals surface area contributed by atoms with Gasteiger partial charge in [0.15, 0.2) is 0 Å². The van der Waals surface area contributed by atoms with Crippen LogP contribution in [0.1, 0.15) is 24.8 Å². The minimum Gasteiger partial charge on any atom is -0.267 e. The number of para-hydroxylation sites is 1. The van der Waals surface area contributed by atoms with E-state index in [1.54, 1.807) is 6.07 Å². The summed E-state index contributed by atoms with van der Waals surface area (Å²) in [6.45, 7) is 2.14. The summed E-state index contributed by atoms with van der Waals surface area (Å²) in [5.41, 5.74) is 0.669. The van der Waals surface area contributed by atoms with E-state index < -0.39 is 0 Å². The number of hydrogen-bond donors (Lipinski definition) is 0. The van der Waals surface area contributed by atoms with Gasteiger partial charge in [-0.3, -0.25) is 4.79 Å². The van der Waals surface area contributed by atoms with E-state index in [2.05, 4.69) is 17.0 Å². The molecule has 0 spiro atoms. The lowest BCUT2D eigenvalue weighted by molar-refractivity contribution is 0.764. The molecule has 0 amide bonds. The molecule has 0 saturated carbocycles. The summed E-state index contributed by atoms with van der Waals surface area (Å²) in [7, 11) is 0. The fraction of sp³-hybridized carbons (Fsp3) is 0.308. The second-order valence-electron chi connectivity index (χ2n) is 4.23. The van der Waals surface area contributed by atoms with Crippen LogP contribution in [0.25, 0.3) is 15.9 Å². The molecule has 0 saturated heterocycles. The maximum Gasteiger partial charge on any atom is 0.283 e. The molecule has 4 nitrogen and oxygen atoms in total. The molecule has 0 aliphatic rings. The third-order valence-corrected chi connectivity index (χ3v) is 3.86. The molecule has 3 aromatic rings. The van der Waals surface area contributed by atoms with Crippen LogP contribution in [0.5, 0.6) is 0 Å². The molecule has 2 aromatic heterocycles. The minimum atomic E-state index is -0.0744. The molecule has 0 fully saturated rings. The standard InChI is InChI=1S/C13H13N3OS/c1-2-3-8-11-15-16-12(17)9-6-4-5-7-10(9)14-13(16)18-11/h4-7H,2-3,8H2,1H3. The number of aryl methyl sites for hydroxylation is 1. The summed E-state index contributed by atoms with van der Waals surface area (Å²) in [6.07, 6.45) is 3.13. The SMILES string of the molecule is CCCCc1nn2c(=O)c3ccccc3nc2s1. The molecule has 18 heavy (non-hydrogen) atoms. The van der Waals surface area contributed by atoms with E-state index in [-0.39, 0.29) is 5.56 Å². The lowest BCUT2D eigenvalue weighted by atomic mass is 10.2. The normalized spacial score (nSPS) is 11.4. The van der Waals surface area contributed by atoms with E-state index in [0.717, 1.165) is 29.8 Å². The Hall–Kier alpha value is -1.75. The largest absolute Gasteiger partial charge is 0.283 e. The van der Waals surface area contributed by atoms with Gasteiger partial charge in [-0.1, -0.05) is 36.8 Å². The third-order valence-electron chi connectivity index (χ3n) is 2.89. The van der Waals surface area contributed by atoms with Crippen LogP contribution in [0.2, 0.25) is 0 Å². The summed E-state index contributed by atoms with van der Waals surface area (Å²) in [5.74, 6) is 0. The Labute approximate surface area is 108 Å². The van der Waals surface area contributed by atoms with E-state index in [1.165, 1.54) is 15.9 Å². The molecule has 0 unspecified atom stereocenters. The maximum absolute atomic E-state index is 12.2. The van der Waals surface area contributed by atoms with Gasteiger partial charge in [-0.05, 0) is 18.6 Å². The van der Waals surface area contributed by atoms with Gasteiger partial charge in [0.25, 0.3) is 5.56 Å². The summed E-state index contributed by atoms with van der Waals surface area (Å²) >= 11 is 1.51. The fourth-order valence-electron chi connectivity index (χ4n) is 1.92. The van der Waals surface area contributed by atoms with Crippen LogP contribution in [-0.4, -0.2) is 14.6 Å². The van der Waals surface area contributed by atoms with E-state index >= 15 is 0 Å². The third kappa shape index (κ3) is 1.80. The van der Waals surface area contributed by atoms with Gasteiger partial charge in [-0.25, -0.2) is 4.98 Å². The Morgan fingerprint density at radius 2 is 2.17 bits per heavy atom. The zero-order valence-corrected chi connectivity index (χ0v) is 10.9. The van der Waals surface area contributed by atoms with E-state index in [4.69, 9.17) is 0 Å². The molecule has 0 atom stereocenters. The Morgan fingerprint density at radius 3 is 3.00 bits per heavy atom. The highest BCUT2D eigenvalue weighted by molar-refractivity contribution is 7.16. The summed E-state index contributed by atoms with van der Waals surface area (Å²) in [4.78, 5) is 17.4. The molecular formula is C13H13N3OS. The number of nitrogens with zero attached hydrogens (tertiary/aromatic N) is 3. The molecule has 0 bridgehead atoms. The first-order valence-electron chi connectivity index (χ1n) is 6.07. The predicted molar refractivity (Wildman–Crippen MR) is 73.3 cm³/mol. The fourth-order valence-corrected chi connectivity index (χ4v) is 2.86. The van der Waals surface area contributed by atoms with Crippen LogP contribution < -0.4 is 5.56 Å². The molecule has 0 radical (unpaired) electrons. The topological polar surface area (TPSA) is 47.3 Å². The highest BCUT2D eigenvalue weighted by Crippen LogP contribution is 2.16. The molecule has 1 aromatic carbocycles. The lowest BCUT2D eigenvalue weighted by Crippen LogP contribution is -2.15. The molecule has 5 heteroatoms. The van der Waals surface area contributed by atoms with Crippen LogP contribution in [-0.2, 0) is 6.42 Å². The van der Waals surface area contributed by atoms with Gasteiger partial charge in [-0.2, -0.15) is 9.61 Å². The number of aromatic nitrogens is 3. The van der Waals surface area contributed by atoms with Crippen molar-refractivity contribution in [1.29, 1.82) is 0 Å². The van der Waals surface area contributed by atoms with Gasteiger partial charge in [0, 0.05) is 6.42 Å². The van der Waals surface area contributed by atoms with Crippen LogP contribution in [0.3, 0.4) is 0 Å². The van der Waals surface area contributed by atoms with Gasteiger partial charge in [0.1, 0.15) is 5.01 Å². The zero-order valence-electron chi connectivity index (χ0n) is 10.1. The first-order chi connectivity index (χ1) is 8.79. The number of hydrogen-bond acceptors (Lipinski definition) is 4. The van der Waals surface area contributed by atoms with Crippen molar-refractivity contribution < 1.29 is 0 Å². The highest BCUT2D eigenvalue weighted by atomic mass is 32.1. The van der Waals surface area contributed by atoms with Crippen LogP contribution in [0.4, 0.5) is 0 Å². The Kier molecular flexibility index (Phi) is 2.83. The van der Waals surface area contributed by atoms with E-state index in [1.807, 2.05) is 18.2 Å². The van der Waals surface area contributed by atoms with E-state index in [9.17, 15) is 4.79 Å². The van der Waals surface area contributed by atoms with Gasteiger partial charge in [0.2, 0.25) is 4.96 Å². The second-order valence-corrected chi connectivity index (χ2v) is 5.27. The van der Waals surface area contributed by atoms with Gasteiger partial charge < -0.3 is 0 Å². The van der Waals surface area contributed by atoms with Crippen molar-refractivity contribution in [2.24, 2.45) is 0 Å². The van der Waals surface area contributed by atoms with Crippen molar-refractivity contribution in [2.75, 3.05) is 0 Å². The Morgan fingerprint density at radius 1 is 1.33 bits per heavy atom. The van der Waals surface area contributed by atoms with Crippen molar-refractivity contribution in [1.82, 2.24) is 14.6 Å². The lowest BCUT2D eigenvalue weighted by Gasteiger charge is -1.95. The van der Waals surface area contributed by atoms with Crippen LogP contribution in [0, 0.1) is 0 Å². The molecular weight excluding hydrogens is 246 g/mol. The zero-order chi connectivity index (χ0) is 12.5. The molecule has 0 N–H and O–H groups in total. The number of rotatable bonds is 3. The van der Waals surface area contributed by atoms with E-state index in [0.29, 0.717) is 10.3 Å². The summed E-state index contributed by atoms with van der Waals surface area (Å²) in [6, 6.07) is 7.40. The van der Waals surface area contributed by atoms with Crippen molar-refractivity contribution in [3.8, 4) is 0 Å². The van der Waals surface area contributed by atoms with Gasteiger partial charge in [0.05, 0.1) is 10.9 Å². The van der Waals surface area contributed by atoms with Gasteiger partial charge in [-0.15, -0.1) is 0 Å². The summed E-state index contributed by atoms with van der Waals surface area (Å²) in [5, 5.41) is 5.97. The molecule has 0 aliphatic heterocycles. The molecule has 3 rings (SSSR count). The van der Waals surface area contributed by atoms with Gasteiger partial charge >= 0.3 is 0 Å². The number of unbranched alkanes of at least 4 members (excludes halogenated alkanes) is 1. The van der Waals surface area contributed by atoms with Crippen molar-refractivity contribution in [2.45, 2.75) is 26.2 Å². The Bertz CT molecular complexity index is 760. The van der Waals surface area contributed by atoms with Crippen LogP contribution >= 0.6 is 11.3 Å². The maximum atomic E-state index is 12.2. The Balaban J connectivity index is 2.23. The highest BCUT2D eigenvalue weighted by Gasteiger charge is 2.09. The quantitative estimate of drug-likeness (QED) is 0.726. The van der Waals surface area contributed by atoms with Crippen molar-refractivity contribution in [3.63, 3.8) is 0 Å². The summed E-state index contributed by atoms with van der Waals surface area (Å²) < 4.78 is 1.43. The molecule has 0 aliphatic carbocycles. The molecule has 92 valence electrons. The number of fused-ring (bicyclic) bond motifs is 2. The average molecular weight is 259 g/mol. The predicted octanol–water partition coefficient (Wildman–Crippen LogP) is 2.65. The first kappa shape index (κ1) is 11.3. The molecule has 2 heterocycles.